The first-order chi connectivity index (χ1) is 15.0. The summed E-state index contributed by atoms with van der Waals surface area (Å²) in [6, 6.07) is 1.00. The largest absolute Gasteiger partial charge is 0.493 e. The molecule has 1 N–H and O–H groups in total. The molecule has 2 unspecified atom stereocenters. The van der Waals surface area contributed by atoms with Crippen LogP contribution in [0.4, 0.5) is 0 Å². The van der Waals surface area contributed by atoms with E-state index in [0.29, 0.717) is 0 Å². The number of benzene rings is 1. The van der Waals surface area contributed by atoms with Crippen LogP contribution in [0.1, 0.15) is 31.3 Å². The molecule has 4 heteroatoms. The van der Waals surface area contributed by atoms with Gasteiger partial charge in [0.25, 0.3) is 0 Å². The minimum absolute atomic E-state index is 0.00497. The average molecular weight is 310 g/mol. The first-order valence-electron chi connectivity index (χ1n) is 12.6. The van der Waals surface area contributed by atoms with E-state index in [4.69, 9.17) is 27.0 Å². The molecule has 4 nitrogen and oxygen atoms in total. The monoisotopic (exact) mass is 310 g/mol. The third-order valence-corrected chi connectivity index (χ3v) is 5.12. The summed E-state index contributed by atoms with van der Waals surface area (Å²) < 4.78 is 102. The van der Waals surface area contributed by atoms with Crippen LogP contribution in [0.3, 0.4) is 0 Å². The molecule has 22 heavy (non-hydrogen) atoms. The minimum Gasteiger partial charge on any atom is -0.493 e. The molecule has 1 aromatic rings. The average Bonchev–Trinajstić information content (AvgIpc) is 2.93. The number of hydrogen-bond donors (Lipinski definition) is 1. The number of ether oxygens (including phenoxy) is 2. The molecule has 2 aliphatic heterocycles. The first-order valence-corrected chi connectivity index (χ1v) is 7.19. The van der Waals surface area contributed by atoms with Crippen LogP contribution in [0.5, 0.6) is 11.5 Å². The van der Waals surface area contributed by atoms with Crippen molar-refractivity contribution in [1.29, 1.82) is 1.43 Å². The molecule has 5 rings (SSSR count). The second kappa shape index (κ2) is 4.06. The molecule has 0 saturated carbocycles. The fourth-order valence-corrected chi connectivity index (χ4v) is 4.22. The molecule has 1 saturated heterocycles. The van der Waals surface area contributed by atoms with E-state index >= 15 is 0 Å². The molecule has 4 aliphatic rings. The van der Waals surface area contributed by atoms with E-state index in [9.17, 15) is 2.74 Å². The third kappa shape index (κ3) is 1.28. The maximum atomic E-state index is 9.50. The molecule has 2 aliphatic carbocycles. The lowest BCUT2D eigenvalue weighted by Gasteiger charge is -2.56. The van der Waals surface area contributed by atoms with Gasteiger partial charge in [0, 0.05) is 31.1 Å². The number of piperidine rings is 1. The SMILES string of the molecule is [2H]OC1C=C[C@@]2([2H])[C@@H]3N(C([2H])([2H])[2H])CC[C@@]24c2c(ccc(OC([2H])([2H])[2H])c2OC14[2H])C3([2H])[2H]. The third-order valence-electron chi connectivity index (χ3n) is 5.12. The predicted molar refractivity (Wildman–Crippen MR) is 82.5 cm³/mol. The second-order valence-corrected chi connectivity index (χ2v) is 6.01. The lowest BCUT2D eigenvalue weighted by molar-refractivity contribution is -0.0453. The fourth-order valence-electron chi connectivity index (χ4n) is 4.22. The van der Waals surface area contributed by atoms with Crippen LogP contribution < -0.4 is 9.47 Å². The summed E-state index contributed by atoms with van der Waals surface area (Å²) in [5.41, 5.74) is -1.53. The fraction of sp³-hybridized carbons (Fsp3) is 0.556. The summed E-state index contributed by atoms with van der Waals surface area (Å²) in [5.74, 6) is -2.44. The van der Waals surface area contributed by atoms with Gasteiger partial charge < -0.3 is 19.5 Å². The Labute approximate surface area is 145 Å². The number of likely N-dealkylation sites (N-methyl/N-ethyl adjacent to an activating group) is 1. The van der Waals surface area contributed by atoms with Gasteiger partial charge in [-0.15, -0.1) is 0 Å². The van der Waals surface area contributed by atoms with Gasteiger partial charge in [-0.25, -0.2) is 0 Å². The van der Waals surface area contributed by atoms with Crippen LogP contribution in [-0.4, -0.2) is 50.2 Å². The van der Waals surface area contributed by atoms with Gasteiger partial charge in [0.2, 0.25) is 1.43 Å². The van der Waals surface area contributed by atoms with Crippen molar-refractivity contribution in [3.8, 4) is 11.5 Å². The van der Waals surface area contributed by atoms with Gasteiger partial charge >= 0.3 is 0 Å². The Morgan fingerprint density at radius 1 is 1.59 bits per heavy atom. The number of aliphatic hydroxyl groups is 1. The smallest absolute Gasteiger partial charge is 0.211 e. The summed E-state index contributed by atoms with van der Waals surface area (Å²) in [7, 11) is -2.86. The Bertz CT molecular complexity index is 1060. The number of aliphatic hydroxyl groups excluding tert-OH is 1. The van der Waals surface area contributed by atoms with Gasteiger partial charge in [-0.2, -0.15) is 0 Å². The van der Waals surface area contributed by atoms with E-state index in [0.717, 1.165) is 4.90 Å². The predicted octanol–water partition coefficient (Wildman–Crippen LogP) is 1.50. The molecule has 116 valence electrons. The zero-order chi connectivity index (χ0) is 24.4. The molecule has 1 spiro atoms. The lowest BCUT2D eigenvalue weighted by atomic mass is 9.53. The van der Waals surface area contributed by atoms with Gasteiger partial charge in [-0.3, -0.25) is 0 Å². The van der Waals surface area contributed by atoms with Gasteiger partial charge in [-0.05, 0) is 37.9 Å². The van der Waals surface area contributed by atoms with Crippen molar-refractivity contribution in [1.82, 2.24) is 4.90 Å². The molecule has 0 aromatic heterocycles. The Kier molecular flexibility index (Phi) is 1.14. The van der Waals surface area contributed by atoms with Crippen LogP contribution in [0.25, 0.3) is 0 Å². The van der Waals surface area contributed by atoms with Crippen molar-refractivity contribution >= 4 is 0 Å². The normalized spacial score (nSPS) is 58.5. The van der Waals surface area contributed by atoms with E-state index in [-0.39, 0.29) is 35.6 Å². The van der Waals surface area contributed by atoms with Crippen LogP contribution in [0.15, 0.2) is 24.3 Å². The minimum atomic E-state index is -2.86. The van der Waals surface area contributed by atoms with Crippen molar-refractivity contribution in [3.05, 3.63) is 35.4 Å². The molecule has 2 bridgehead atoms. The maximum absolute atomic E-state index is 9.50. The maximum Gasteiger partial charge on any atom is 0.211 e. The van der Waals surface area contributed by atoms with Crippen LogP contribution in [0, 0.1) is 5.89 Å². The highest BCUT2D eigenvalue weighted by molar-refractivity contribution is 5.62. The Balaban J connectivity index is 1.88. The molecule has 2 heterocycles. The van der Waals surface area contributed by atoms with E-state index in [1.165, 1.54) is 24.3 Å². The van der Waals surface area contributed by atoms with Crippen LogP contribution >= 0.6 is 0 Å². The van der Waals surface area contributed by atoms with E-state index < -0.39 is 49.9 Å². The van der Waals surface area contributed by atoms with Crippen molar-refractivity contribution in [2.45, 2.75) is 36.4 Å². The summed E-state index contributed by atoms with van der Waals surface area (Å²) in [6.07, 6.45) is -3.38. The molecular formula is C18H21NO3. The van der Waals surface area contributed by atoms with Crippen LogP contribution in [-0.2, 0) is 11.8 Å². The highest BCUT2D eigenvalue weighted by Gasteiger charge is 2.64. The highest BCUT2D eigenvalue weighted by atomic mass is 16.5. The summed E-state index contributed by atoms with van der Waals surface area (Å²) in [6.45, 7) is -2.88. The van der Waals surface area contributed by atoms with Crippen molar-refractivity contribution < 1.29 is 28.3 Å². The van der Waals surface area contributed by atoms with E-state index in [1.54, 1.807) is 0 Å². The van der Waals surface area contributed by atoms with E-state index in [2.05, 4.69) is 0 Å². The standard InChI is InChI=1S/C18H21NO3/c1-19-8-7-18-11-4-5-13(20)17(18)22-16-14(21-2)6-3-10(15(16)18)9-12(11)19/h3-6,11-13,17,20H,7-9H2,1-2H3/t11-,12+,13?,17?,18-/m0/s1/i1D3,2D3,9D2,11D,17D,20D. The topological polar surface area (TPSA) is 41.9 Å². The zero-order valence-electron chi connectivity index (χ0n) is 22.6. The number of hydrogen-bond acceptors (Lipinski definition) is 4. The van der Waals surface area contributed by atoms with Crippen LogP contribution in [0.2, 0.25) is 0 Å². The highest BCUT2D eigenvalue weighted by Crippen LogP contribution is 2.62. The summed E-state index contributed by atoms with van der Waals surface area (Å²) in [4.78, 5) is 0.978. The number of nitrogens with zero attached hydrogens (tertiary/aromatic N) is 1. The molecular weight excluding hydrogens is 278 g/mol. The summed E-state index contributed by atoms with van der Waals surface area (Å²) >= 11 is 0. The first kappa shape index (κ1) is 6.17. The van der Waals surface area contributed by atoms with Crippen molar-refractivity contribution in [2.75, 3.05) is 20.6 Å². The number of likely N-dealkylation sites (tertiary alicyclic amines) is 1. The van der Waals surface area contributed by atoms with Gasteiger partial charge in [0.15, 0.2) is 11.5 Å². The zero-order valence-corrected chi connectivity index (χ0v) is 11.6. The number of methoxy groups -OCH3 is 1. The quantitative estimate of drug-likeness (QED) is 0.841. The molecule has 0 amide bonds. The molecule has 5 atom stereocenters. The van der Waals surface area contributed by atoms with E-state index in [1.807, 2.05) is 0 Å². The lowest BCUT2D eigenvalue weighted by Crippen LogP contribution is -2.64. The Hall–Kier alpha value is -1.52. The van der Waals surface area contributed by atoms with Gasteiger partial charge in [0.05, 0.1) is 12.5 Å². The van der Waals surface area contributed by atoms with Gasteiger partial charge in [0.1, 0.15) is 12.2 Å². The Morgan fingerprint density at radius 2 is 2.59 bits per heavy atom. The molecule has 1 aromatic carbocycles. The van der Waals surface area contributed by atoms with Gasteiger partial charge in [-0.1, -0.05) is 18.2 Å². The number of rotatable bonds is 2. The van der Waals surface area contributed by atoms with Crippen molar-refractivity contribution in [2.24, 2.45) is 5.89 Å². The second-order valence-electron chi connectivity index (χ2n) is 6.01. The molecule has 0 radical (unpaired) electrons. The van der Waals surface area contributed by atoms with Crippen molar-refractivity contribution in [3.63, 3.8) is 0 Å². The Morgan fingerprint density at radius 3 is 3.45 bits per heavy atom. The summed E-state index contributed by atoms with van der Waals surface area (Å²) in [5, 5.41) is 4.77. The molecule has 1 fully saturated rings.